The van der Waals surface area contributed by atoms with Gasteiger partial charge < -0.3 is 15.4 Å². The number of nitrogens with one attached hydrogen (secondary N) is 2. The fraction of sp³-hybridized carbons (Fsp3) is 0.296. The first-order valence-corrected chi connectivity index (χ1v) is 11.8. The summed E-state index contributed by atoms with van der Waals surface area (Å²) in [4.78, 5) is 29.9. The SMILES string of the molecule is CCOc1cc(-c2cc(NCC(C)C(C)c3cccc4c(C(=O)NC)ccnc34)ncn2)ccn1. The van der Waals surface area contributed by atoms with E-state index in [1.54, 1.807) is 31.8 Å². The average Bonchev–Trinajstić information content (AvgIpc) is 2.90. The molecule has 2 N–H and O–H groups in total. The van der Waals surface area contributed by atoms with Crippen LogP contribution in [0.2, 0.25) is 0 Å². The van der Waals surface area contributed by atoms with Crippen LogP contribution in [0, 0.1) is 5.92 Å². The van der Waals surface area contributed by atoms with Crippen molar-refractivity contribution in [2.24, 2.45) is 5.92 Å². The molecular weight excluding hydrogens is 440 g/mol. The van der Waals surface area contributed by atoms with E-state index < -0.39 is 0 Å². The first-order valence-electron chi connectivity index (χ1n) is 11.8. The maximum Gasteiger partial charge on any atom is 0.251 e. The first kappa shape index (κ1) is 24.1. The zero-order valence-electron chi connectivity index (χ0n) is 20.4. The van der Waals surface area contributed by atoms with Crippen molar-refractivity contribution in [1.29, 1.82) is 0 Å². The highest BCUT2D eigenvalue weighted by Gasteiger charge is 2.19. The summed E-state index contributed by atoms with van der Waals surface area (Å²) in [5.74, 6) is 1.69. The van der Waals surface area contributed by atoms with Gasteiger partial charge in [-0.15, -0.1) is 0 Å². The molecule has 3 heterocycles. The fourth-order valence-corrected chi connectivity index (χ4v) is 4.06. The van der Waals surface area contributed by atoms with E-state index in [4.69, 9.17) is 4.74 Å². The Balaban J connectivity index is 1.50. The Labute approximate surface area is 205 Å². The molecule has 0 fully saturated rings. The van der Waals surface area contributed by atoms with E-state index in [1.165, 1.54) is 0 Å². The van der Waals surface area contributed by atoms with Gasteiger partial charge in [-0.3, -0.25) is 9.78 Å². The van der Waals surface area contributed by atoms with Gasteiger partial charge >= 0.3 is 0 Å². The van der Waals surface area contributed by atoms with Crippen LogP contribution < -0.4 is 15.4 Å². The molecule has 4 aromatic rings. The number of carbonyl (C=O) groups is 1. The standard InChI is InChI=1S/C27H30N6O2/c1-5-35-25-13-19(9-11-29-25)23-14-24(33-16-32-23)31-15-17(2)18(3)20-7-6-8-21-22(27(34)28-4)10-12-30-26(20)21/h6-14,16-18H,5,15H2,1-4H3,(H,28,34)(H,31,32,33). The molecule has 8 heteroatoms. The normalized spacial score (nSPS) is 12.7. The second kappa shape index (κ2) is 10.9. The van der Waals surface area contributed by atoms with Crippen LogP contribution in [0.5, 0.6) is 5.88 Å². The molecule has 0 aliphatic heterocycles. The summed E-state index contributed by atoms with van der Waals surface area (Å²) in [5.41, 5.74) is 4.33. The molecule has 180 valence electrons. The number of ether oxygens (including phenoxy) is 1. The topological polar surface area (TPSA) is 102 Å². The number of hydrogen-bond donors (Lipinski definition) is 2. The van der Waals surface area contributed by atoms with Crippen LogP contribution in [0.25, 0.3) is 22.2 Å². The summed E-state index contributed by atoms with van der Waals surface area (Å²) >= 11 is 0. The van der Waals surface area contributed by atoms with Crippen molar-refractivity contribution in [3.05, 3.63) is 72.3 Å². The summed E-state index contributed by atoms with van der Waals surface area (Å²) < 4.78 is 5.51. The van der Waals surface area contributed by atoms with Crippen LogP contribution in [-0.4, -0.2) is 46.0 Å². The van der Waals surface area contributed by atoms with Crippen LogP contribution in [0.3, 0.4) is 0 Å². The number of amides is 1. The predicted octanol–water partition coefficient (Wildman–Crippen LogP) is 4.70. The van der Waals surface area contributed by atoms with Gasteiger partial charge in [-0.05, 0) is 36.5 Å². The van der Waals surface area contributed by atoms with Crippen molar-refractivity contribution in [3.63, 3.8) is 0 Å². The summed E-state index contributed by atoms with van der Waals surface area (Å²) in [5, 5.41) is 7.02. The Hall–Kier alpha value is -4.07. The van der Waals surface area contributed by atoms with Crippen molar-refractivity contribution in [2.45, 2.75) is 26.7 Å². The summed E-state index contributed by atoms with van der Waals surface area (Å²) in [6.07, 6.45) is 4.97. The molecule has 0 aliphatic carbocycles. The molecule has 8 nitrogen and oxygen atoms in total. The summed E-state index contributed by atoms with van der Waals surface area (Å²) in [6.45, 7) is 7.58. The largest absolute Gasteiger partial charge is 0.478 e. The third kappa shape index (κ3) is 5.37. The lowest BCUT2D eigenvalue weighted by molar-refractivity contribution is 0.0964. The Morgan fingerprint density at radius 2 is 1.86 bits per heavy atom. The molecule has 1 amide bonds. The van der Waals surface area contributed by atoms with Crippen molar-refractivity contribution in [2.75, 3.05) is 25.5 Å². The fourth-order valence-electron chi connectivity index (χ4n) is 4.06. The van der Waals surface area contributed by atoms with Crippen molar-refractivity contribution < 1.29 is 9.53 Å². The van der Waals surface area contributed by atoms with E-state index in [0.717, 1.165) is 33.5 Å². The molecule has 0 spiro atoms. The molecule has 0 bridgehead atoms. The highest BCUT2D eigenvalue weighted by atomic mass is 16.5. The minimum Gasteiger partial charge on any atom is -0.478 e. The first-order chi connectivity index (χ1) is 17.0. The van der Waals surface area contributed by atoms with E-state index in [0.29, 0.717) is 24.6 Å². The number of benzene rings is 1. The van der Waals surface area contributed by atoms with E-state index in [-0.39, 0.29) is 17.7 Å². The van der Waals surface area contributed by atoms with Crippen LogP contribution in [-0.2, 0) is 0 Å². The second-order valence-corrected chi connectivity index (χ2v) is 8.43. The molecule has 0 saturated heterocycles. The monoisotopic (exact) mass is 470 g/mol. The number of aromatic nitrogens is 4. The molecule has 0 saturated carbocycles. The Morgan fingerprint density at radius 1 is 1.03 bits per heavy atom. The number of carbonyl (C=O) groups excluding carboxylic acids is 1. The molecule has 0 radical (unpaired) electrons. The van der Waals surface area contributed by atoms with Gasteiger partial charge in [0.2, 0.25) is 5.88 Å². The van der Waals surface area contributed by atoms with Gasteiger partial charge in [-0.25, -0.2) is 15.0 Å². The second-order valence-electron chi connectivity index (χ2n) is 8.43. The van der Waals surface area contributed by atoms with Gasteiger partial charge in [-0.1, -0.05) is 32.0 Å². The molecule has 35 heavy (non-hydrogen) atoms. The molecule has 1 aromatic carbocycles. The van der Waals surface area contributed by atoms with Crippen LogP contribution in [0.15, 0.2) is 61.2 Å². The summed E-state index contributed by atoms with van der Waals surface area (Å²) in [6, 6.07) is 13.5. The number of nitrogens with zero attached hydrogens (tertiary/aromatic N) is 4. The zero-order valence-corrected chi connectivity index (χ0v) is 20.4. The van der Waals surface area contributed by atoms with Gasteiger partial charge in [0, 0.05) is 49.1 Å². The predicted molar refractivity (Wildman–Crippen MR) is 138 cm³/mol. The van der Waals surface area contributed by atoms with Crippen molar-refractivity contribution in [3.8, 4) is 17.1 Å². The lowest BCUT2D eigenvalue weighted by Crippen LogP contribution is -2.19. The maximum absolute atomic E-state index is 12.3. The number of hydrogen-bond acceptors (Lipinski definition) is 7. The highest BCUT2D eigenvalue weighted by Crippen LogP contribution is 2.31. The van der Waals surface area contributed by atoms with Crippen LogP contribution in [0.4, 0.5) is 5.82 Å². The van der Waals surface area contributed by atoms with Gasteiger partial charge in [-0.2, -0.15) is 0 Å². The number of para-hydroxylation sites is 1. The minimum atomic E-state index is -0.112. The molecule has 0 aliphatic rings. The third-order valence-corrected chi connectivity index (χ3v) is 6.21. The molecule has 2 unspecified atom stereocenters. The van der Waals surface area contributed by atoms with E-state index in [1.807, 2.05) is 37.3 Å². The smallest absolute Gasteiger partial charge is 0.251 e. The Morgan fingerprint density at radius 3 is 2.66 bits per heavy atom. The van der Waals surface area contributed by atoms with E-state index in [9.17, 15) is 4.79 Å². The Bertz CT molecular complexity index is 1330. The van der Waals surface area contributed by atoms with Gasteiger partial charge in [0.15, 0.2) is 0 Å². The van der Waals surface area contributed by atoms with Crippen LogP contribution >= 0.6 is 0 Å². The molecule has 2 atom stereocenters. The van der Waals surface area contributed by atoms with Gasteiger partial charge in [0.25, 0.3) is 5.91 Å². The number of pyridine rings is 2. The molecule has 3 aromatic heterocycles. The van der Waals surface area contributed by atoms with Gasteiger partial charge in [0.1, 0.15) is 12.1 Å². The van der Waals surface area contributed by atoms with Crippen molar-refractivity contribution >= 4 is 22.6 Å². The van der Waals surface area contributed by atoms with E-state index >= 15 is 0 Å². The maximum atomic E-state index is 12.3. The summed E-state index contributed by atoms with van der Waals surface area (Å²) in [7, 11) is 1.64. The minimum absolute atomic E-state index is 0.112. The number of fused-ring (bicyclic) bond motifs is 1. The zero-order chi connectivity index (χ0) is 24.8. The molecule has 4 rings (SSSR count). The van der Waals surface area contributed by atoms with Gasteiger partial charge in [0.05, 0.1) is 23.4 Å². The Kier molecular flexibility index (Phi) is 7.50. The quantitative estimate of drug-likeness (QED) is 0.366. The molecular formula is C27H30N6O2. The number of rotatable bonds is 9. The lowest BCUT2D eigenvalue weighted by Gasteiger charge is -2.22. The number of anilines is 1. The third-order valence-electron chi connectivity index (χ3n) is 6.21. The lowest BCUT2D eigenvalue weighted by atomic mass is 9.87. The van der Waals surface area contributed by atoms with E-state index in [2.05, 4.69) is 50.5 Å². The van der Waals surface area contributed by atoms with Crippen LogP contribution in [0.1, 0.15) is 42.6 Å². The highest BCUT2D eigenvalue weighted by molar-refractivity contribution is 6.06. The average molecular weight is 471 g/mol. The van der Waals surface area contributed by atoms with Crippen molar-refractivity contribution in [1.82, 2.24) is 25.3 Å².